The highest BCUT2D eigenvalue weighted by Gasteiger charge is 2.21. The summed E-state index contributed by atoms with van der Waals surface area (Å²) in [5.41, 5.74) is 1.43. The fourth-order valence-corrected chi connectivity index (χ4v) is 4.41. The number of ether oxygens (including phenoxy) is 2. The van der Waals surface area contributed by atoms with Gasteiger partial charge in [-0.3, -0.25) is 14.3 Å². The van der Waals surface area contributed by atoms with Gasteiger partial charge in [0.2, 0.25) is 0 Å². The molecular formula is C25H27N3O6S. The van der Waals surface area contributed by atoms with E-state index in [0.717, 1.165) is 0 Å². The third-order valence-corrected chi connectivity index (χ3v) is 6.57. The Labute approximate surface area is 204 Å². The Morgan fingerprint density at radius 3 is 2.31 bits per heavy atom. The number of methoxy groups -OCH3 is 1. The summed E-state index contributed by atoms with van der Waals surface area (Å²) in [6.07, 6.45) is 0. The van der Waals surface area contributed by atoms with Gasteiger partial charge in [-0.25, -0.2) is 8.42 Å². The molecule has 2 N–H and O–H groups in total. The number of hydrogen-bond donors (Lipinski definition) is 2. The Morgan fingerprint density at radius 1 is 0.971 bits per heavy atom. The van der Waals surface area contributed by atoms with E-state index in [1.165, 1.54) is 18.1 Å². The van der Waals surface area contributed by atoms with Gasteiger partial charge in [-0.05, 0) is 61.0 Å². The lowest BCUT2D eigenvalue weighted by atomic mass is 10.1. The molecule has 0 unspecified atom stereocenters. The summed E-state index contributed by atoms with van der Waals surface area (Å²) in [6.45, 7) is 1.56. The molecule has 10 heteroatoms. The molecule has 9 nitrogen and oxygen atoms in total. The third-order valence-electron chi connectivity index (χ3n) is 5.06. The third kappa shape index (κ3) is 6.51. The summed E-state index contributed by atoms with van der Waals surface area (Å²) in [5.74, 6) is 0.202. The molecule has 0 radical (unpaired) electrons. The molecular weight excluding hydrogens is 470 g/mol. The van der Waals surface area contributed by atoms with Gasteiger partial charge in [-0.15, -0.1) is 0 Å². The van der Waals surface area contributed by atoms with Crippen LogP contribution >= 0.6 is 0 Å². The minimum atomic E-state index is -3.99. The molecule has 0 aliphatic rings. The number of nitrogens with one attached hydrogen (secondary N) is 2. The second-order valence-corrected chi connectivity index (χ2v) is 9.49. The number of para-hydroxylation sites is 2. The van der Waals surface area contributed by atoms with Gasteiger partial charge < -0.3 is 19.7 Å². The van der Waals surface area contributed by atoms with Crippen LogP contribution in [0.15, 0.2) is 71.6 Å². The molecule has 3 rings (SSSR count). The number of carbonyl (C=O) groups excluding carboxylic acids is 2. The summed E-state index contributed by atoms with van der Waals surface area (Å²) in [6, 6.07) is 17.6. The molecule has 0 saturated heterocycles. The van der Waals surface area contributed by atoms with Crippen LogP contribution in [0.5, 0.6) is 11.5 Å². The van der Waals surface area contributed by atoms with Crippen LogP contribution in [0.1, 0.15) is 15.9 Å². The van der Waals surface area contributed by atoms with Gasteiger partial charge in [0, 0.05) is 25.3 Å². The molecule has 0 bridgehead atoms. The van der Waals surface area contributed by atoms with Gasteiger partial charge in [-0.1, -0.05) is 18.2 Å². The summed E-state index contributed by atoms with van der Waals surface area (Å²) < 4.78 is 39.3. The summed E-state index contributed by atoms with van der Waals surface area (Å²) in [5, 5.41) is 2.73. The van der Waals surface area contributed by atoms with Crippen molar-refractivity contribution < 1.29 is 27.5 Å². The van der Waals surface area contributed by atoms with Crippen LogP contribution in [0.25, 0.3) is 0 Å². The first kappa shape index (κ1) is 25.6. The monoisotopic (exact) mass is 497 g/mol. The van der Waals surface area contributed by atoms with Gasteiger partial charge in [0.25, 0.3) is 21.8 Å². The molecule has 0 aliphatic carbocycles. The molecule has 0 fully saturated rings. The van der Waals surface area contributed by atoms with E-state index in [1.54, 1.807) is 81.7 Å². The van der Waals surface area contributed by atoms with Gasteiger partial charge in [0.15, 0.2) is 6.61 Å². The Kier molecular flexibility index (Phi) is 7.98. The van der Waals surface area contributed by atoms with Crippen LogP contribution < -0.4 is 19.5 Å². The molecule has 0 saturated carbocycles. The molecule has 0 spiro atoms. The van der Waals surface area contributed by atoms with Crippen molar-refractivity contribution in [1.29, 1.82) is 0 Å². The average Bonchev–Trinajstić information content (AvgIpc) is 2.83. The minimum Gasteiger partial charge on any atom is -0.495 e. The summed E-state index contributed by atoms with van der Waals surface area (Å²) >= 11 is 0. The van der Waals surface area contributed by atoms with Gasteiger partial charge in [-0.2, -0.15) is 0 Å². The predicted molar refractivity (Wildman–Crippen MR) is 134 cm³/mol. The topological polar surface area (TPSA) is 114 Å². The van der Waals surface area contributed by atoms with Crippen LogP contribution in [-0.4, -0.2) is 52.9 Å². The smallest absolute Gasteiger partial charge is 0.262 e. The SMILES string of the molecule is COc1ccccc1NS(=O)(=O)c1cc(C(=O)Nc2ccc(OCC(=O)N(C)C)cc2)ccc1C. The zero-order valence-electron chi connectivity index (χ0n) is 19.9. The number of sulfonamides is 1. The summed E-state index contributed by atoms with van der Waals surface area (Å²) in [7, 11) is 0.741. The highest BCUT2D eigenvalue weighted by Crippen LogP contribution is 2.28. The van der Waals surface area contributed by atoms with Crippen LogP contribution in [0.4, 0.5) is 11.4 Å². The van der Waals surface area contributed by atoms with Gasteiger partial charge in [0.05, 0.1) is 17.7 Å². The maximum absolute atomic E-state index is 13.1. The maximum atomic E-state index is 13.1. The molecule has 0 heterocycles. The van der Waals surface area contributed by atoms with E-state index in [1.807, 2.05) is 0 Å². The van der Waals surface area contributed by atoms with Crippen molar-refractivity contribution in [2.75, 3.05) is 37.9 Å². The summed E-state index contributed by atoms with van der Waals surface area (Å²) in [4.78, 5) is 25.8. The van der Waals surface area contributed by atoms with Gasteiger partial charge >= 0.3 is 0 Å². The number of anilines is 2. The molecule has 0 atom stereocenters. The lowest BCUT2D eigenvalue weighted by Crippen LogP contribution is -2.27. The predicted octanol–water partition coefficient (Wildman–Crippen LogP) is 3.52. The lowest BCUT2D eigenvalue weighted by molar-refractivity contribution is -0.130. The van der Waals surface area contributed by atoms with E-state index in [0.29, 0.717) is 28.4 Å². The number of hydrogen-bond acceptors (Lipinski definition) is 6. The first-order valence-corrected chi connectivity index (χ1v) is 12.1. The largest absolute Gasteiger partial charge is 0.495 e. The quantitative estimate of drug-likeness (QED) is 0.468. The fraction of sp³-hybridized carbons (Fsp3) is 0.200. The molecule has 35 heavy (non-hydrogen) atoms. The highest BCUT2D eigenvalue weighted by molar-refractivity contribution is 7.92. The van der Waals surface area contributed by atoms with Crippen LogP contribution in [-0.2, 0) is 14.8 Å². The number of amides is 2. The van der Waals surface area contributed by atoms with E-state index >= 15 is 0 Å². The molecule has 2 amide bonds. The van der Waals surface area contributed by atoms with Crippen molar-refractivity contribution in [1.82, 2.24) is 4.90 Å². The molecule has 0 aliphatic heterocycles. The first-order valence-electron chi connectivity index (χ1n) is 10.6. The fourth-order valence-electron chi connectivity index (χ4n) is 3.07. The van der Waals surface area contributed by atoms with Crippen molar-refractivity contribution >= 4 is 33.2 Å². The van der Waals surface area contributed by atoms with Crippen LogP contribution in [0, 0.1) is 6.92 Å². The van der Waals surface area contributed by atoms with E-state index in [2.05, 4.69) is 10.0 Å². The maximum Gasteiger partial charge on any atom is 0.262 e. The first-order chi connectivity index (χ1) is 16.6. The number of benzene rings is 3. The molecule has 0 aromatic heterocycles. The van der Waals surface area contributed by atoms with Crippen molar-refractivity contribution in [3.05, 3.63) is 77.9 Å². The molecule has 3 aromatic carbocycles. The van der Waals surface area contributed by atoms with Crippen molar-refractivity contribution in [2.45, 2.75) is 11.8 Å². The highest BCUT2D eigenvalue weighted by atomic mass is 32.2. The van der Waals surface area contributed by atoms with Crippen molar-refractivity contribution in [2.24, 2.45) is 0 Å². The number of aryl methyl sites for hydroxylation is 1. The Morgan fingerprint density at radius 2 is 1.66 bits per heavy atom. The second kappa shape index (κ2) is 10.9. The minimum absolute atomic E-state index is 0.0228. The normalized spacial score (nSPS) is 10.9. The standard InChI is InChI=1S/C25H27N3O6S/c1-17-9-10-18(15-23(17)35(31,32)27-21-7-5-6-8-22(21)33-4)25(30)26-19-11-13-20(14-12-19)34-16-24(29)28(2)3/h5-15,27H,16H2,1-4H3,(H,26,30). The number of carbonyl (C=O) groups is 2. The zero-order chi connectivity index (χ0) is 25.6. The van der Waals surface area contributed by atoms with E-state index < -0.39 is 15.9 Å². The number of likely N-dealkylation sites (N-methyl/N-ethyl adjacent to an activating group) is 1. The molecule has 3 aromatic rings. The van der Waals surface area contributed by atoms with Crippen LogP contribution in [0.2, 0.25) is 0 Å². The zero-order valence-corrected chi connectivity index (χ0v) is 20.7. The van der Waals surface area contributed by atoms with Crippen molar-refractivity contribution in [3.8, 4) is 11.5 Å². The lowest BCUT2D eigenvalue weighted by Gasteiger charge is -2.14. The van der Waals surface area contributed by atoms with E-state index in [4.69, 9.17) is 9.47 Å². The Bertz CT molecular complexity index is 1320. The van der Waals surface area contributed by atoms with Crippen LogP contribution in [0.3, 0.4) is 0 Å². The number of rotatable bonds is 9. The Balaban J connectivity index is 1.74. The number of nitrogens with zero attached hydrogens (tertiary/aromatic N) is 1. The Hall–Kier alpha value is -4.05. The van der Waals surface area contributed by atoms with E-state index in [-0.39, 0.29) is 23.0 Å². The van der Waals surface area contributed by atoms with E-state index in [9.17, 15) is 18.0 Å². The van der Waals surface area contributed by atoms with Crippen molar-refractivity contribution in [3.63, 3.8) is 0 Å². The molecule has 184 valence electrons. The average molecular weight is 498 g/mol. The van der Waals surface area contributed by atoms with Gasteiger partial charge in [0.1, 0.15) is 11.5 Å². The second-order valence-electron chi connectivity index (χ2n) is 7.84.